The fraction of sp³-hybridized carbons (Fsp3) is 0.300. The number of nitro groups is 1. The maximum Gasteiger partial charge on any atom is 0.389 e. The van der Waals surface area contributed by atoms with E-state index in [2.05, 4.69) is 5.10 Å². The Morgan fingerprint density at radius 2 is 1.94 bits per heavy atom. The van der Waals surface area contributed by atoms with E-state index in [0.29, 0.717) is 49.7 Å². The molecule has 0 atom stereocenters. The number of hydrogen-bond donors (Lipinski definition) is 0. The van der Waals surface area contributed by atoms with Crippen molar-refractivity contribution >= 4 is 23.1 Å². The number of aromatic nitrogens is 2. The van der Waals surface area contributed by atoms with Crippen LogP contribution in [0.25, 0.3) is 0 Å². The summed E-state index contributed by atoms with van der Waals surface area (Å²) >= 11 is 1.32. The van der Waals surface area contributed by atoms with Gasteiger partial charge in [-0.3, -0.25) is 9.69 Å². The first-order chi connectivity index (χ1) is 14.9. The number of carbonyl (C=O) groups is 1. The Balaban J connectivity index is 1.32. The summed E-state index contributed by atoms with van der Waals surface area (Å²) in [5.74, 6) is -1.99. The van der Waals surface area contributed by atoms with Crippen LogP contribution in [0, 0.1) is 21.7 Å². The summed E-state index contributed by atoms with van der Waals surface area (Å²) in [6, 6.07) is 7.25. The fourth-order valence-corrected chi connectivity index (χ4v) is 4.34. The second kappa shape index (κ2) is 8.90. The van der Waals surface area contributed by atoms with E-state index in [1.165, 1.54) is 34.3 Å². The van der Waals surface area contributed by atoms with E-state index in [0.717, 1.165) is 11.6 Å². The Labute approximate surface area is 180 Å². The van der Waals surface area contributed by atoms with Crippen molar-refractivity contribution < 1.29 is 18.5 Å². The van der Waals surface area contributed by atoms with Crippen LogP contribution in [-0.2, 0) is 13.1 Å². The molecule has 8 nitrogen and oxygen atoms in total. The molecule has 3 heterocycles. The van der Waals surface area contributed by atoms with Crippen LogP contribution >= 0.6 is 11.3 Å². The standard InChI is InChI=1S/C20H19F2N5O3S/c21-16-3-1-2-15(19(16)22)12-24-6-8-25(9-7-24)20(28)17-10-14(13-31-17)11-26-5-4-18(23-26)27(29)30/h1-5,10,13H,6-9,11-12H2. The van der Waals surface area contributed by atoms with Crippen LogP contribution in [0.3, 0.4) is 0 Å². The molecule has 0 spiro atoms. The highest BCUT2D eigenvalue weighted by Gasteiger charge is 2.24. The van der Waals surface area contributed by atoms with E-state index in [1.54, 1.807) is 17.0 Å². The lowest BCUT2D eigenvalue weighted by atomic mass is 10.1. The van der Waals surface area contributed by atoms with Gasteiger partial charge >= 0.3 is 5.82 Å². The zero-order valence-electron chi connectivity index (χ0n) is 16.4. The second-order valence-electron chi connectivity index (χ2n) is 7.23. The molecular formula is C20H19F2N5O3S. The van der Waals surface area contributed by atoms with Crippen molar-refractivity contribution in [3.63, 3.8) is 0 Å². The van der Waals surface area contributed by atoms with Crippen molar-refractivity contribution in [3.05, 3.63) is 79.7 Å². The monoisotopic (exact) mass is 447 g/mol. The van der Waals surface area contributed by atoms with Crippen molar-refractivity contribution in [3.8, 4) is 0 Å². The van der Waals surface area contributed by atoms with Gasteiger partial charge in [0.05, 0.1) is 28.8 Å². The number of hydrogen-bond acceptors (Lipinski definition) is 6. The van der Waals surface area contributed by atoms with E-state index >= 15 is 0 Å². The molecule has 31 heavy (non-hydrogen) atoms. The zero-order chi connectivity index (χ0) is 22.0. The molecule has 0 unspecified atom stereocenters. The third-order valence-electron chi connectivity index (χ3n) is 5.11. The van der Waals surface area contributed by atoms with Crippen LogP contribution < -0.4 is 0 Å². The Morgan fingerprint density at radius 1 is 1.16 bits per heavy atom. The van der Waals surface area contributed by atoms with Gasteiger partial charge in [-0.2, -0.15) is 4.68 Å². The molecule has 0 bridgehead atoms. The molecule has 11 heteroatoms. The van der Waals surface area contributed by atoms with Crippen LogP contribution in [0.2, 0.25) is 0 Å². The van der Waals surface area contributed by atoms with Gasteiger partial charge in [0.2, 0.25) is 0 Å². The van der Waals surface area contributed by atoms with Crippen LogP contribution in [-0.4, -0.2) is 56.6 Å². The SMILES string of the molecule is O=C(c1cc(Cn2ccc([N+](=O)[O-])n2)cs1)N1CCN(Cc2cccc(F)c2F)CC1. The van der Waals surface area contributed by atoms with Gasteiger partial charge in [0, 0.05) is 38.3 Å². The van der Waals surface area contributed by atoms with E-state index in [1.807, 2.05) is 10.3 Å². The lowest BCUT2D eigenvalue weighted by molar-refractivity contribution is -0.389. The number of rotatable bonds is 6. The first-order valence-corrected chi connectivity index (χ1v) is 10.5. The average molecular weight is 447 g/mol. The quantitative estimate of drug-likeness (QED) is 0.428. The van der Waals surface area contributed by atoms with E-state index in [9.17, 15) is 23.7 Å². The van der Waals surface area contributed by atoms with Crippen LogP contribution in [0.1, 0.15) is 20.8 Å². The number of benzene rings is 1. The summed E-state index contributed by atoms with van der Waals surface area (Å²) in [6.07, 6.45) is 1.53. The average Bonchev–Trinajstić information content (AvgIpc) is 3.42. The summed E-state index contributed by atoms with van der Waals surface area (Å²) in [7, 11) is 0. The van der Waals surface area contributed by atoms with E-state index in [4.69, 9.17) is 0 Å². The molecule has 2 aromatic heterocycles. The number of carbonyl (C=O) groups excluding carboxylic acids is 1. The van der Waals surface area contributed by atoms with E-state index in [-0.39, 0.29) is 11.7 Å². The van der Waals surface area contributed by atoms with Gasteiger partial charge in [-0.05, 0) is 28.0 Å². The van der Waals surface area contributed by atoms with Crippen LogP contribution in [0.5, 0.6) is 0 Å². The lowest BCUT2D eigenvalue weighted by Crippen LogP contribution is -2.48. The van der Waals surface area contributed by atoms with Crippen LogP contribution in [0.4, 0.5) is 14.6 Å². The molecule has 4 rings (SSSR count). The van der Waals surface area contributed by atoms with Gasteiger partial charge in [0.25, 0.3) is 5.91 Å². The minimum absolute atomic E-state index is 0.0840. The number of amides is 1. The topological polar surface area (TPSA) is 84.5 Å². The normalized spacial score (nSPS) is 14.7. The number of nitrogens with zero attached hydrogens (tertiary/aromatic N) is 5. The largest absolute Gasteiger partial charge is 0.389 e. The van der Waals surface area contributed by atoms with Gasteiger partial charge in [0.15, 0.2) is 11.6 Å². The number of thiophene rings is 1. The van der Waals surface area contributed by atoms with Gasteiger partial charge in [-0.15, -0.1) is 11.3 Å². The molecule has 0 N–H and O–H groups in total. The molecule has 3 aromatic rings. The van der Waals surface area contributed by atoms with Gasteiger partial charge in [-0.1, -0.05) is 12.1 Å². The third kappa shape index (κ3) is 4.78. The molecule has 1 fully saturated rings. The first kappa shape index (κ1) is 21.1. The summed E-state index contributed by atoms with van der Waals surface area (Å²) in [6.45, 7) is 2.76. The lowest BCUT2D eigenvalue weighted by Gasteiger charge is -2.34. The third-order valence-corrected chi connectivity index (χ3v) is 6.07. The van der Waals surface area contributed by atoms with Crippen LogP contribution in [0.15, 0.2) is 41.9 Å². The van der Waals surface area contributed by atoms with Crippen molar-refractivity contribution in [1.82, 2.24) is 19.6 Å². The van der Waals surface area contributed by atoms with Crippen molar-refractivity contribution in [2.45, 2.75) is 13.1 Å². The highest BCUT2D eigenvalue weighted by molar-refractivity contribution is 7.12. The second-order valence-corrected chi connectivity index (χ2v) is 8.14. The molecule has 1 aromatic carbocycles. The molecule has 0 aliphatic carbocycles. The Hall–Kier alpha value is -3.18. The first-order valence-electron chi connectivity index (χ1n) is 9.60. The Bertz CT molecular complexity index is 1110. The summed E-state index contributed by atoms with van der Waals surface area (Å²) in [4.78, 5) is 27.3. The van der Waals surface area contributed by atoms with Gasteiger partial charge < -0.3 is 15.0 Å². The maximum absolute atomic E-state index is 13.9. The predicted molar refractivity (Wildman–Crippen MR) is 110 cm³/mol. The highest BCUT2D eigenvalue weighted by atomic mass is 32.1. The van der Waals surface area contributed by atoms with Gasteiger partial charge in [-0.25, -0.2) is 8.78 Å². The molecule has 0 saturated carbocycles. The molecule has 1 aliphatic heterocycles. The highest BCUT2D eigenvalue weighted by Crippen LogP contribution is 2.20. The molecule has 0 radical (unpaired) electrons. The molecule has 162 valence electrons. The van der Waals surface area contributed by atoms with Crippen molar-refractivity contribution in [2.75, 3.05) is 26.2 Å². The van der Waals surface area contributed by atoms with Crippen molar-refractivity contribution in [1.29, 1.82) is 0 Å². The minimum Gasteiger partial charge on any atom is -0.358 e. The Kier molecular flexibility index (Phi) is 6.05. The maximum atomic E-state index is 13.9. The predicted octanol–water partition coefficient (Wildman–Crippen LogP) is 3.14. The van der Waals surface area contributed by atoms with Crippen molar-refractivity contribution in [2.24, 2.45) is 0 Å². The zero-order valence-corrected chi connectivity index (χ0v) is 17.2. The number of halogens is 2. The summed E-state index contributed by atoms with van der Waals surface area (Å²) in [5, 5.41) is 16.4. The summed E-state index contributed by atoms with van der Waals surface area (Å²) < 4.78 is 28.7. The van der Waals surface area contributed by atoms with E-state index < -0.39 is 16.6 Å². The fourth-order valence-electron chi connectivity index (χ4n) is 3.47. The molecule has 1 amide bonds. The summed E-state index contributed by atoms with van der Waals surface area (Å²) in [5.41, 5.74) is 1.15. The molecule has 1 aliphatic rings. The molecule has 1 saturated heterocycles. The smallest absolute Gasteiger partial charge is 0.358 e. The molecular weight excluding hydrogens is 428 g/mol. The number of piperazine rings is 1. The Morgan fingerprint density at radius 3 is 2.65 bits per heavy atom. The van der Waals surface area contributed by atoms with Gasteiger partial charge in [0.1, 0.15) is 0 Å². The minimum atomic E-state index is -0.857.